The highest BCUT2D eigenvalue weighted by atomic mass is 35.5. The van der Waals surface area contributed by atoms with Gasteiger partial charge in [-0.25, -0.2) is 4.79 Å². The predicted molar refractivity (Wildman–Crippen MR) is 76.4 cm³/mol. The summed E-state index contributed by atoms with van der Waals surface area (Å²) in [6, 6.07) is 4.72. The average molecular weight is 295 g/mol. The zero-order valence-electron chi connectivity index (χ0n) is 11.4. The summed E-state index contributed by atoms with van der Waals surface area (Å²) in [5.41, 5.74) is 1.62. The number of carboxylic acid groups (broad SMARTS) is 1. The third kappa shape index (κ3) is 2.49. The van der Waals surface area contributed by atoms with E-state index >= 15 is 0 Å². The van der Waals surface area contributed by atoms with Crippen LogP contribution in [0, 0.1) is 0 Å². The van der Waals surface area contributed by atoms with Gasteiger partial charge in [0, 0.05) is 17.6 Å². The van der Waals surface area contributed by atoms with Crippen LogP contribution in [0.15, 0.2) is 18.2 Å². The molecule has 1 aromatic heterocycles. The molecule has 0 radical (unpaired) electrons. The molecule has 0 aliphatic carbocycles. The molecule has 0 saturated heterocycles. The molecule has 0 atom stereocenters. The number of aromatic hydroxyl groups is 1. The van der Waals surface area contributed by atoms with Gasteiger partial charge in [0.2, 0.25) is 0 Å². The van der Waals surface area contributed by atoms with Gasteiger partial charge in [-0.1, -0.05) is 25.4 Å². The minimum absolute atomic E-state index is 0.0760. The lowest BCUT2D eigenvalue weighted by molar-refractivity contribution is 0.0689. The Morgan fingerprint density at radius 2 is 2.00 bits per heavy atom. The Labute approximate surface area is 121 Å². The summed E-state index contributed by atoms with van der Waals surface area (Å²) >= 11 is 6.08. The lowest BCUT2D eigenvalue weighted by Gasteiger charge is -2.13. The molecule has 0 spiro atoms. The first-order chi connectivity index (χ1) is 9.31. The molecule has 106 valence electrons. The maximum atomic E-state index is 11.0. The van der Waals surface area contributed by atoms with Crippen molar-refractivity contribution in [3.05, 3.63) is 34.5 Å². The number of aromatic carboxylic acids is 1. The zero-order chi connectivity index (χ0) is 15.0. The first-order valence-electron chi connectivity index (χ1n) is 6.11. The average Bonchev–Trinajstić information content (AvgIpc) is 2.73. The highest BCUT2D eigenvalue weighted by molar-refractivity contribution is 6.31. The fourth-order valence-corrected chi connectivity index (χ4v) is 2.31. The van der Waals surface area contributed by atoms with Crippen LogP contribution in [0.1, 0.15) is 35.8 Å². The van der Waals surface area contributed by atoms with E-state index < -0.39 is 5.97 Å². The van der Waals surface area contributed by atoms with Crippen LogP contribution < -0.4 is 0 Å². The molecular weight excluding hydrogens is 280 g/mol. The van der Waals surface area contributed by atoms with Gasteiger partial charge in [-0.05, 0) is 29.7 Å². The highest BCUT2D eigenvalue weighted by Gasteiger charge is 2.19. The van der Waals surface area contributed by atoms with Gasteiger partial charge in [0.25, 0.3) is 0 Å². The van der Waals surface area contributed by atoms with Crippen molar-refractivity contribution in [2.45, 2.75) is 19.8 Å². The fourth-order valence-electron chi connectivity index (χ4n) is 2.08. The van der Waals surface area contributed by atoms with Crippen LogP contribution in [0.4, 0.5) is 0 Å². The molecule has 0 saturated carbocycles. The Balaban J connectivity index is 2.66. The second kappa shape index (κ2) is 5.17. The molecule has 1 heterocycles. The number of hydrogen-bond acceptors (Lipinski definition) is 3. The number of nitrogens with zero attached hydrogens (tertiary/aromatic N) is 2. The molecular formula is C14H15ClN2O3. The van der Waals surface area contributed by atoms with E-state index in [1.165, 1.54) is 10.7 Å². The Hall–Kier alpha value is -2.01. The second-order valence-corrected chi connectivity index (χ2v) is 5.33. The van der Waals surface area contributed by atoms with Gasteiger partial charge in [-0.2, -0.15) is 5.10 Å². The van der Waals surface area contributed by atoms with E-state index in [1.807, 2.05) is 13.8 Å². The molecule has 1 aromatic carbocycles. The van der Waals surface area contributed by atoms with E-state index in [1.54, 1.807) is 19.2 Å². The normalized spacial score (nSPS) is 11.1. The molecule has 20 heavy (non-hydrogen) atoms. The summed E-state index contributed by atoms with van der Waals surface area (Å²) in [5.74, 6) is -0.915. The Morgan fingerprint density at radius 3 is 2.50 bits per heavy atom. The summed E-state index contributed by atoms with van der Waals surface area (Å²) in [4.78, 5) is 11.0. The number of aryl methyl sites for hydroxylation is 1. The van der Waals surface area contributed by atoms with Crippen LogP contribution in [0.25, 0.3) is 11.3 Å². The summed E-state index contributed by atoms with van der Waals surface area (Å²) in [6.07, 6.45) is 0. The van der Waals surface area contributed by atoms with E-state index in [2.05, 4.69) is 5.10 Å². The van der Waals surface area contributed by atoms with E-state index in [-0.39, 0.29) is 17.4 Å². The molecule has 0 fully saturated rings. The third-order valence-electron chi connectivity index (χ3n) is 3.10. The maximum absolute atomic E-state index is 11.0. The highest BCUT2D eigenvalue weighted by Crippen LogP contribution is 2.38. The van der Waals surface area contributed by atoms with Crippen LogP contribution in [-0.4, -0.2) is 26.0 Å². The summed E-state index contributed by atoms with van der Waals surface area (Å²) in [5, 5.41) is 23.7. The summed E-state index contributed by atoms with van der Waals surface area (Å²) < 4.78 is 1.42. The monoisotopic (exact) mass is 294 g/mol. The van der Waals surface area contributed by atoms with E-state index in [0.717, 1.165) is 0 Å². The molecule has 0 unspecified atom stereocenters. The predicted octanol–water partition coefficient (Wildman–Crippen LogP) is 3.27. The van der Waals surface area contributed by atoms with Gasteiger partial charge in [0.05, 0.1) is 5.69 Å². The first-order valence-corrected chi connectivity index (χ1v) is 6.49. The van der Waals surface area contributed by atoms with Crippen LogP contribution >= 0.6 is 11.6 Å². The smallest absolute Gasteiger partial charge is 0.356 e. The van der Waals surface area contributed by atoms with Gasteiger partial charge >= 0.3 is 5.97 Å². The van der Waals surface area contributed by atoms with Crippen molar-refractivity contribution in [1.82, 2.24) is 9.78 Å². The molecule has 0 amide bonds. The number of phenols is 1. The zero-order valence-corrected chi connectivity index (χ0v) is 12.1. The van der Waals surface area contributed by atoms with Crippen molar-refractivity contribution < 1.29 is 15.0 Å². The van der Waals surface area contributed by atoms with Crippen LogP contribution in [-0.2, 0) is 7.05 Å². The first kappa shape index (κ1) is 14.4. The number of benzene rings is 1. The van der Waals surface area contributed by atoms with Crippen molar-refractivity contribution in [3.8, 4) is 17.0 Å². The van der Waals surface area contributed by atoms with Crippen molar-refractivity contribution in [2.75, 3.05) is 0 Å². The van der Waals surface area contributed by atoms with Crippen LogP contribution in [0.2, 0.25) is 5.02 Å². The minimum atomic E-state index is -1.11. The van der Waals surface area contributed by atoms with Crippen molar-refractivity contribution >= 4 is 17.6 Å². The Bertz CT molecular complexity index is 677. The number of halogens is 1. The molecule has 2 aromatic rings. The van der Waals surface area contributed by atoms with E-state index in [0.29, 0.717) is 21.8 Å². The summed E-state index contributed by atoms with van der Waals surface area (Å²) in [6.45, 7) is 3.89. The number of aromatic nitrogens is 2. The van der Waals surface area contributed by atoms with Crippen molar-refractivity contribution in [3.63, 3.8) is 0 Å². The molecule has 0 bridgehead atoms. The number of hydrogen-bond donors (Lipinski definition) is 2. The van der Waals surface area contributed by atoms with E-state index in [9.17, 15) is 9.90 Å². The van der Waals surface area contributed by atoms with Crippen molar-refractivity contribution in [1.29, 1.82) is 0 Å². The molecule has 0 aliphatic rings. The van der Waals surface area contributed by atoms with E-state index in [4.69, 9.17) is 16.7 Å². The topological polar surface area (TPSA) is 75.3 Å². The molecule has 6 heteroatoms. The largest absolute Gasteiger partial charge is 0.507 e. The number of phenolic OH excluding ortho intramolecular Hbond substituents is 1. The molecule has 0 aliphatic heterocycles. The van der Waals surface area contributed by atoms with Crippen LogP contribution in [0.3, 0.4) is 0 Å². The number of carbonyl (C=O) groups is 1. The lowest BCUT2D eigenvalue weighted by atomic mass is 9.97. The second-order valence-electron chi connectivity index (χ2n) is 4.89. The minimum Gasteiger partial charge on any atom is -0.507 e. The lowest BCUT2D eigenvalue weighted by Crippen LogP contribution is -1.99. The third-order valence-corrected chi connectivity index (χ3v) is 3.32. The number of carboxylic acids is 1. The Morgan fingerprint density at radius 1 is 1.35 bits per heavy atom. The Kier molecular flexibility index (Phi) is 3.72. The molecule has 2 rings (SSSR count). The van der Waals surface area contributed by atoms with Gasteiger partial charge in [-0.3, -0.25) is 4.68 Å². The van der Waals surface area contributed by atoms with Gasteiger partial charge in [0.15, 0.2) is 5.69 Å². The summed E-state index contributed by atoms with van der Waals surface area (Å²) in [7, 11) is 1.62. The maximum Gasteiger partial charge on any atom is 0.356 e. The molecule has 5 nitrogen and oxygen atoms in total. The standard InChI is InChI=1S/C14H15ClN2O3/c1-7(2)9-4-8(15)5-10(13(9)18)12-6-11(14(19)20)16-17(12)3/h4-7,18H,1-3H3,(H,19,20). The SMILES string of the molecule is CC(C)c1cc(Cl)cc(-c2cc(C(=O)O)nn2C)c1O. The van der Waals surface area contributed by atoms with Crippen LogP contribution in [0.5, 0.6) is 5.75 Å². The number of rotatable bonds is 3. The van der Waals surface area contributed by atoms with Gasteiger partial charge in [0.1, 0.15) is 5.75 Å². The quantitative estimate of drug-likeness (QED) is 0.911. The van der Waals surface area contributed by atoms with Crippen molar-refractivity contribution in [2.24, 2.45) is 7.05 Å². The fraction of sp³-hybridized carbons (Fsp3) is 0.286. The van der Waals surface area contributed by atoms with Gasteiger partial charge in [-0.15, -0.1) is 0 Å². The molecule has 2 N–H and O–H groups in total. The van der Waals surface area contributed by atoms with Gasteiger partial charge < -0.3 is 10.2 Å².